The number of fused-ring (bicyclic) bond motifs is 1. The van der Waals surface area contributed by atoms with Crippen molar-refractivity contribution in [3.8, 4) is 0 Å². The number of hydrogen-bond donors (Lipinski definition) is 2. The van der Waals surface area contributed by atoms with Gasteiger partial charge in [0.1, 0.15) is 0 Å². The van der Waals surface area contributed by atoms with Crippen molar-refractivity contribution in [1.29, 1.82) is 0 Å². The van der Waals surface area contributed by atoms with Gasteiger partial charge in [0, 0.05) is 12.2 Å². The summed E-state index contributed by atoms with van der Waals surface area (Å²) in [6.07, 6.45) is 3.54. The van der Waals surface area contributed by atoms with Crippen molar-refractivity contribution in [2.75, 3.05) is 16.8 Å². The van der Waals surface area contributed by atoms with Crippen LogP contribution in [0.4, 0.5) is 11.4 Å². The van der Waals surface area contributed by atoms with Crippen molar-refractivity contribution in [2.24, 2.45) is 0 Å². The van der Waals surface area contributed by atoms with Crippen molar-refractivity contribution < 1.29 is 4.79 Å². The Labute approximate surface area is 155 Å². The minimum absolute atomic E-state index is 0.0247. The largest absolute Gasteiger partial charge is 0.397 e. The first-order valence-corrected chi connectivity index (χ1v) is 10.2. The quantitative estimate of drug-likeness (QED) is 0.326. The van der Waals surface area contributed by atoms with Crippen LogP contribution in [0.25, 0.3) is 10.2 Å². The summed E-state index contributed by atoms with van der Waals surface area (Å²) in [5.74, 6) is 1.06. The minimum atomic E-state index is 0.0247. The fraction of sp³-hybridized carbons (Fsp3) is 0.263. The molecule has 1 heterocycles. The van der Waals surface area contributed by atoms with E-state index in [0.29, 0.717) is 17.8 Å². The number of unbranched alkanes of at least 4 members (excludes halogenated alkanes) is 2. The molecule has 130 valence electrons. The van der Waals surface area contributed by atoms with Gasteiger partial charge in [-0.25, -0.2) is 4.98 Å². The molecule has 0 aliphatic heterocycles. The number of carbonyl (C=O) groups excluding carboxylic acids is 1. The van der Waals surface area contributed by atoms with Gasteiger partial charge in [-0.1, -0.05) is 42.4 Å². The molecule has 0 unspecified atom stereocenters. The highest BCUT2D eigenvalue weighted by molar-refractivity contribution is 8.01. The van der Waals surface area contributed by atoms with E-state index in [0.717, 1.165) is 34.9 Å². The highest BCUT2D eigenvalue weighted by Crippen LogP contribution is 2.29. The number of thiazole rings is 1. The highest BCUT2D eigenvalue weighted by atomic mass is 32.2. The van der Waals surface area contributed by atoms with Crippen LogP contribution in [0.3, 0.4) is 0 Å². The molecule has 0 saturated carbocycles. The van der Waals surface area contributed by atoms with E-state index in [1.807, 2.05) is 36.4 Å². The number of nitrogens with one attached hydrogen (secondary N) is 1. The molecule has 2 aromatic carbocycles. The number of carbonyl (C=O) groups is 1. The fourth-order valence-electron chi connectivity index (χ4n) is 2.46. The lowest BCUT2D eigenvalue weighted by Gasteiger charge is -2.07. The molecule has 3 aromatic rings. The molecule has 25 heavy (non-hydrogen) atoms. The van der Waals surface area contributed by atoms with Crippen LogP contribution in [0.5, 0.6) is 0 Å². The summed E-state index contributed by atoms with van der Waals surface area (Å²) < 4.78 is 2.36. The van der Waals surface area contributed by atoms with Crippen molar-refractivity contribution >= 4 is 50.6 Å². The minimum Gasteiger partial charge on any atom is -0.397 e. The van der Waals surface area contributed by atoms with Crippen LogP contribution in [0.1, 0.15) is 25.7 Å². The number of para-hydroxylation sites is 3. The summed E-state index contributed by atoms with van der Waals surface area (Å²) in [5, 5.41) is 2.86. The Hall–Kier alpha value is -2.05. The Morgan fingerprint density at radius 2 is 1.88 bits per heavy atom. The van der Waals surface area contributed by atoms with Crippen LogP contribution in [0, 0.1) is 0 Å². The molecule has 3 N–H and O–H groups in total. The number of amides is 1. The van der Waals surface area contributed by atoms with Crippen LogP contribution >= 0.6 is 23.1 Å². The lowest BCUT2D eigenvalue weighted by molar-refractivity contribution is -0.116. The van der Waals surface area contributed by atoms with E-state index < -0.39 is 0 Å². The molecular weight excluding hydrogens is 350 g/mol. The smallest absolute Gasteiger partial charge is 0.224 e. The zero-order valence-corrected chi connectivity index (χ0v) is 15.5. The fourth-order valence-corrected chi connectivity index (χ4v) is 4.60. The predicted molar refractivity (Wildman–Crippen MR) is 108 cm³/mol. The van der Waals surface area contributed by atoms with Crippen LogP contribution in [-0.2, 0) is 4.79 Å². The average molecular weight is 372 g/mol. The Bertz CT molecular complexity index is 814. The molecule has 0 aliphatic carbocycles. The van der Waals surface area contributed by atoms with Gasteiger partial charge < -0.3 is 11.1 Å². The molecule has 6 heteroatoms. The van der Waals surface area contributed by atoms with Gasteiger partial charge in [0.25, 0.3) is 0 Å². The molecule has 1 amide bonds. The molecular formula is C19H21N3OS2. The lowest BCUT2D eigenvalue weighted by atomic mass is 10.2. The highest BCUT2D eigenvalue weighted by Gasteiger charge is 2.06. The molecule has 1 aromatic heterocycles. The topological polar surface area (TPSA) is 68.0 Å². The molecule has 0 bridgehead atoms. The Balaban J connectivity index is 1.32. The first kappa shape index (κ1) is 17.8. The van der Waals surface area contributed by atoms with Crippen molar-refractivity contribution in [1.82, 2.24) is 4.98 Å². The number of thioether (sulfide) groups is 1. The van der Waals surface area contributed by atoms with Crippen molar-refractivity contribution in [2.45, 2.75) is 30.0 Å². The molecule has 0 spiro atoms. The van der Waals surface area contributed by atoms with Crippen LogP contribution in [0.15, 0.2) is 52.9 Å². The van der Waals surface area contributed by atoms with Gasteiger partial charge >= 0.3 is 0 Å². The standard InChI is InChI=1S/C19H21N3OS2/c20-14-8-3-4-9-15(14)21-18(23)12-2-1-7-13-24-19-22-16-10-5-6-11-17(16)25-19/h3-6,8-11H,1-2,7,12-13,20H2,(H,21,23). The first-order valence-electron chi connectivity index (χ1n) is 8.35. The Morgan fingerprint density at radius 3 is 2.72 bits per heavy atom. The maximum absolute atomic E-state index is 11.9. The molecule has 0 atom stereocenters. The van der Waals surface area contributed by atoms with E-state index >= 15 is 0 Å². The Morgan fingerprint density at radius 1 is 1.08 bits per heavy atom. The number of nitrogens with two attached hydrogens (primary N) is 1. The second kappa shape index (κ2) is 8.87. The summed E-state index contributed by atoms with van der Waals surface area (Å²) in [6.45, 7) is 0. The summed E-state index contributed by atoms with van der Waals surface area (Å²) in [4.78, 5) is 16.6. The van der Waals surface area contributed by atoms with Crippen LogP contribution in [-0.4, -0.2) is 16.6 Å². The van der Waals surface area contributed by atoms with Crippen molar-refractivity contribution in [3.63, 3.8) is 0 Å². The predicted octanol–water partition coefficient (Wildman–Crippen LogP) is 5.17. The van der Waals surface area contributed by atoms with E-state index in [9.17, 15) is 4.79 Å². The van der Waals surface area contributed by atoms with Gasteiger partial charge in [-0.15, -0.1) is 11.3 Å². The van der Waals surface area contributed by atoms with Gasteiger partial charge in [0.05, 0.1) is 21.6 Å². The van der Waals surface area contributed by atoms with E-state index in [-0.39, 0.29) is 5.91 Å². The molecule has 0 fully saturated rings. The lowest BCUT2D eigenvalue weighted by Crippen LogP contribution is -2.12. The first-order chi connectivity index (χ1) is 12.2. The van der Waals surface area contributed by atoms with Gasteiger partial charge in [-0.2, -0.15) is 0 Å². The second-order valence-corrected chi connectivity index (χ2v) is 8.11. The molecule has 0 saturated heterocycles. The van der Waals surface area contributed by atoms with E-state index in [2.05, 4.69) is 16.4 Å². The molecule has 0 aliphatic rings. The number of benzene rings is 2. The van der Waals surface area contributed by atoms with Crippen LogP contribution < -0.4 is 11.1 Å². The van der Waals surface area contributed by atoms with Gasteiger partial charge in [0.15, 0.2) is 4.34 Å². The number of hydrogen-bond acceptors (Lipinski definition) is 5. The number of aromatic nitrogens is 1. The SMILES string of the molecule is Nc1ccccc1NC(=O)CCCCCSc1nc2ccccc2s1. The summed E-state index contributed by atoms with van der Waals surface area (Å²) in [6, 6.07) is 15.5. The number of nitrogen functional groups attached to an aromatic ring is 1. The van der Waals surface area contributed by atoms with Gasteiger partial charge in [-0.3, -0.25) is 4.79 Å². The summed E-state index contributed by atoms with van der Waals surface area (Å²) in [7, 11) is 0. The zero-order valence-electron chi connectivity index (χ0n) is 13.9. The van der Waals surface area contributed by atoms with Crippen LogP contribution in [0.2, 0.25) is 0 Å². The molecule has 0 radical (unpaired) electrons. The van der Waals surface area contributed by atoms with E-state index in [1.54, 1.807) is 29.2 Å². The number of nitrogens with zero attached hydrogens (tertiary/aromatic N) is 1. The Kier molecular flexibility index (Phi) is 6.30. The third-order valence-corrected chi connectivity index (χ3v) is 6.05. The monoisotopic (exact) mass is 371 g/mol. The van der Waals surface area contributed by atoms with Gasteiger partial charge in [-0.05, 0) is 37.1 Å². The van der Waals surface area contributed by atoms with Crippen molar-refractivity contribution in [3.05, 3.63) is 48.5 Å². The molecule has 4 nitrogen and oxygen atoms in total. The van der Waals surface area contributed by atoms with Gasteiger partial charge in [0.2, 0.25) is 5.91 Å². The maximum atomic E-state index is 11.9. The molecule has 3 rings (SSSR count). The summed E-state index contributed by atoms with van der Waals surface area (Å²) in [5.41, 5.74) is 8.19. The van der Waals surface area contributed by atoms with E-state index in [4.69, 9.17) is 5.73 Å². The normalized spacial score (nSPS) is 10.9. The zero-order chi connectivity index (χ0) is 17.5. The number of rotatable bonds is 8. The number of anilines is 2. The maximum Gasteiger partial charge on any atom is 0.224 e. The summed E-state index contributed by atoms with van der Waals surface area (Å²) >= 11 is 3.54. The average Bonchev–Trinajstić information content (AvgIpc) is 3.03. The van der Waals surface area contributed by atoms with E-state index in [1.165, 1.54) is 4.70 Å². The second-order valence-electron chi connectivity index (χ2n) is 5.74. The third kappa shape index (κ3) is 5.21. The third-order valence-electron chi connectivity index (χ3n) is 3.78.